The lowest BCUT2D eigenvalue weighted by Gasteiger charge is -2.44. The summed E-state index contributed by atoms with van der Waals surface area (Å²) in [6.45, 7) is 7.41. The van der Waals surface area contributed by atoms with Gasteiger partial charge in [-0.3, -0.25) is 9.79 Å². The zero-order valence-corrected chi connectivity index (χ0v) is 18.7. The molecule has 0 radical (unpaired) electrons. The number of benzene rings is 1. The smallest absolute Gasteiger partial charge is 0.258 e. The van der Waals surface area contributed by atoms with Crippen molar-refractivity contribution in [2.45, 2.75) is 49.7 Å². The van der Waals surface area contributed by atoms with Crippen LogP contribution < -0.4 is 11.1 Å². The van der Waals surface area contributed by atoms with E-state index in [2.05, 4.69) is 24.6 Å². The van der Waals surface area contributed by atoms with Crippen LogP contribution in [0.3, 0.4) is 0 Å². The standard InChI is InChI=1S/C21H25FN6O2S/c1-12-24-10-13(11-25-12)18(29)27-14-5-6-16(22)15(9-14)21(4)17-7-8-26-31(17,30)20(2,3)19(23)28-21/h5-6,9-11,17H,7-8H2,1-4H3,(H2,23,28)(H,27,29)/t17-,21+,31+/m0/s1. The molecule has 0 unspecified atom stereocenters. The number of carbonyl (C=O) groups is 1. The fourth-order valence-corrected chi connectivity index (χ4v) is 7.37. The summed E-state index contributed by atoms with van der Waals surface area (Å²) in [5, 5.41) is 2.25. The Bertz CT molecular complexity index is 1220. The van der Waals surface area contributed by atoms with Crippen molar-refractivity contribution in [2.75, 3.05) is 11.9 Å². The fourth-order valence-electron chi connectivity index (χ4n) is 4.21. The number of carbonyl (C=O) groups excluding carboxylic acids is 1. The van der Waals surface area contributed by atoms with Gasteiger partial charge in [-0.2, -0.15) is 0 Å². The quantitative estimate of drug-likeness (QED) is 0.754. The molecule has 1 amide bonds. The Kier molecular flexibility index (Phi) is 4.88. The summed E-state index contributed by atoms with van der Waals surface area (Å²) in [5.74, 6) is -0.193. The maximum absolute atomic E-state index is 15.0. The highest BCUT2D eigenvalue weighted by molar-refractivity contribution is 7.96. The van der Waals surface area contributed by atoms with Gasteiger partial charge in [0.2, 0.25) is 0 Å². The maximum Gasteiger partial charge on any atom is 0.258 e. The number of hydrogen-bond acceptors (Lipinski definition) is 7. The van der Waals surface area contributed by atoms with E-state index in [-0.39, 0.29) is 17.0 Å². The Labute approximate surface area is 180 Å². The molecule has 164 valence electrons. The summed E-state index contributed by atoms with van der Waals surface area (Å²) in [5.41, 5.74) is 5.93. The lowest BCUT2D eigenvalue weighted by atomic mass is 9.85. The van der Waals surface area contributed by atoms with Crippen LogP contribution in [0.1, 0.15) is 48.9 Å². The second-order valence-electron chi connectivity index (χ2n) is 8.52. The summed E-state index contributed by atoms with van der Waals surface area (Å²) < 4.78 is 32.4. The molecule has 0 aliphatic carbocycles. The van der Waals surface area contributed by atoms with Crippen molar-refractivity contribution in [3.63, 3.8) is 0 Å². The monoisotopic (exact) mass is 444 g/mol. The summed E-state index contributed by atoms with van der Waals surface area (Å²) >= 11 is 0. The van der Waals surface area contributed by atoms with E-state index in [1.165, 1.54) is 30.6 Å². The van der Waals surface area contributed by atoms with Crippen LogP contribution >= 0.6 is 0 Å². The van der Waals surface area contributed by atoms with E-state index in [4.69, 9.17) is 5.73 Å². The first-order valence-electron chi connectivity index (χ1n) is 9.96. The first kappa shape index (κ1) is 21.4. The summed E-state index contributed by atoms with van der Waals surface area (Å²) in [6, 6.07) is 4.25. The molecule has 0 spiro atoms. The highest BCUT2D eigenvalue weighted by atomic mass is 32.2. The number of fused-ring (bicyclic) bond motifs is 1. The largest absolute Gasteiger partial charge is 0.386 e. The second-order valence-corrected chi connectivity index (χ2v) is 11.5. The van der Waals surface area contributed by atoms with Crippen LogP contribution in [-0.4, -0.2) is 42.5 Å². The van der Waals surface area contributed by atoms with Gasteiger partial charge in [0.25, 0.3) is 5.91 Å². The van der Waals surface area contributed by atoms with E-state index in [0.29, 0.717) is 24.5 Å². The van der Waals surface area contributed by atoms with Crippen molar-refractivity contribution in [1.82, 2.24) is 9.97 Å². The van der Waals surface area contributed by atoms with Gasteiger partial charge in [0, 0.05) is 30.2 Å². The first-order valence-corrected chi connectivity index (χ1v) is 11.5. The normalized spacial score (nSPS) is 28.9. The minimum Gasteiger partial charge on any atom is -0.386 e. The number of nitrogens with one attached hydrogen (secondary N) is 1. The molecule has 2 aliphatic heterocycles. The third-order valence-electron chi connectivity index (χ3n) is 6.20. The van der Waals surface area contributed by atoms with Crippen molar-refractivity contribution in [1.29, 1.82) is 0 Å². The number of halogens is 1. The lowest BCUT2D eigenvalue weighted by Crippen LogP contribution is -2.58. The maximum atomic E-state index is 15.0. The topological polar surface area (TPSA) is 123 Å². The highest BCUT2D eigenvalue weighted by Crippen LogP contribution is 2.48. The molecule has 0 bridgehead atoms. The number of aliphatic imine (C=N–C) groups is 1. The predicted octanol–water partition coefficient (Wildman–Crippen LogP) is 2.78. The number of hydrogen-bond donors (Lipinski definition) is 2. The zero-order chi connectivity index (χ0) is 22.6. The number of aryl methyl sites for hydroxylation is 1. The molecule has 0 fully saturated rings. The van der Waals surface area contributed by atoms with Crippen molar-refractivity contribution >= 4 is 27.2 Å². The van der Waals surface area contributed by atoms with Gasteiger partial charge in [-0.1, -0.05) is 0 Å². The van der Waals surface area contributed by atoms with Gasteiger partial charge < -0.3 is 11.1 Å². The van der Waals surface area contributed by atoms with Gasteiger partial charge in [-0.15, -0.1) is 0 Å². The molecule has 3 heterocycles. The number of nitrogens with zero attached hydrogens (tertiary/aromatic N) is 4. The number of amidine groups is 1. The average Bonchev–Trinajstić information content (AvgIpc) is 3.13. The number of anilines is 1. The van der Waals surface area contributed by atoms with Crippen LogP contribution in [0.15, 0.2) is 39.9 Å². The Hall–Kier alpha value is -2.88. The molecule has 31 heavy (non-hydrogen) atoms. The minimum atomic E-state index is -2.78. The minimum absolute atomic E-state index is 0.188. The summed E-state index contributed by atoms with van der Waals surface area (Å²) in [6.07, 6.45) is 3.37. The molecule has 10 heteroatoms. The third kappa shape index (κ3) is 3.20. The van der Waals surface area contributed by atoms with Crippen LogP contribution in [0.25, 0.3) is 0 Å². The van der Waals surface area contributed by atoms with E-state index in [9.17, 15) is 9.00 Å². The Morgan fingerprint density at radius 1 is 1.26 bits per heavy atom. The van der Waals surface area contributed by atoms with Crippen molar-refractivity contribution < 1.29 is 13.4 Å². The number of amides is 1. The Balaban J connectivity index is 1.76. The molecule has 2 aromatic rings. The summed E-state index contributed by atoms with van der Waals surface area (Å²) in [7, 11) is -2.78. The van der Waals surface area contributed by atoms with Gasteiger partial charge in [0.15, 0.2) is 0 Å². The van der Waals surface area contributed by atoms with Gasteiger partial charge in [0.1, 0.15) is 27.8 Å². The molecule has 0 saturated carbocycles. The van der Waals surface area contributed by atoms with Gasteiger partial charge in [-0.25, -0.2) is 22.9 Å². The average molecular weight is 445 g/mol. The lowest BCUT2D eigenvalue weighted by molar-refractivity contribution is 0.102. The SMILES string of the molecule is Cc1ncc(C(=O)Nc2ccc(F)c([C@@]3(C)N=C(N)C(C)(C)[S@@]4(=O)=NCC[C@@H]34)c2)cn1. The van der Waals surface area contributed by atoms with E-state index < -0.39 is 37.0 Å². The first-order chi connectivity index (χ1) is 14.5. The van der Waals surface area contributed by atoms with Gasteiger partial charge in [-0.05, 0) is 52.3 Å². The second kappa shape index (κ2) is 7.08. The number of rotatable bonds is 3. The van der Waals surface area contributed by atoms with E-state index >= 15 is 4.39 Å². The van der Waals surface area contributed by atoms with Crippen LogP contribution in [-0.2, 0) is 15.3 Å². The van der Waals surface area contributed by atoms with Gasteiger partial charge in [0.05, 0.1) is 20.5 Å². The van der Waals surface area contributed by atoms with Crippen LogP contribution in [0.5, 0.6) is 0 Å². The molecule has 3 atom stereocenters. The zero-order valence-electron chi connectivity index (χ0n) is 17.8. The number of nitrogens with two attached hydrogens (primary N) is 1. The summed E-state index contributed by atoms with van der Waals surface area (Å²) in [4.78, 5) is 25.2. The molecule has 2 aliphatic rings. The van der Waals surface area contributed by atoms with Crippen molar-refractivity contribution in [3.05, 3.63) is 53.4 Å². The molecule has 1 aromatic heterocycles. The van der Waals surface area contributed by atoms with E-state index in [1.54, 1.807) is 27.7 Å². The van der Waals surface area contributed by atoms with Gasteiger partial charge >= 0.3 is 0 Å². The van der Waals surface area contributed by atoms with Crippen LogP contribution in [0.4, 0.5) is 10.1 Å². The van der Waals surface area contributed by atoms with Crippen molar-refractivity contribution in [2.24, 2.45) is 15.1 Å². The Morgan fingerprint density at radius 2 is 1.94 bits per heavy atom. The Morgan fingerprint density at radius 3 is 2.61 bits per heavy atom. The molecule has 1 aromatic carbocycles. The van der Waals surface area contributed by atoms with Crippen LogP contribution in [0.2, 0.25) is 0 Å². The third-order valence-corrected chi connectivity index (χ3v) is 9.90. The molecule has 0 saturated heterocycles. The van der Waals surface area contributed by atoms with E-state index in [0.717, 1.165) is 0 Å². The highest BCUT2D eigenvalue weighted by Gasteiger charge is 2.56. The molecule has 4 rings (SSSR count). The number of aromatic nitrogens is 2. The fraction of sp³-hybridized carbons (Fsp3) is 0.429. The van der Waals surface area contributed by atoms with E-state index in [1.807, 2.05) is 0 Å². The predicted molar refractivity (Wildman–Crippen MR) is 118 cm³/mol. The van der Waals surface area contributed by atoms with Crippen LogP contribution in [0, 0.1) is 12.7 Å². The van der Waals surface area contributed by atoms with Crippen molar-refractivity contribution in [3.8, 4) is 0 Å². The molecular formula is C21H25FN6O2S. The molecule has 8 nitrogen and oxygen atoms in total. The molecule has 3 N–H and O–H groups in total. The molecular weight excluding hydrogens is 419 g/mol.